The van der Waals surface area contributed by atoms with Crippen LogP contribution in [0.2, 0.25) is 5.02 Å². The minimum atomic E-state index is -4.71. The molecule has 2 rings (SSSR count). The van der Waals surface area contributed by atoms with E-state index in [4.69, 9.17) is 11.6 Å². The van der Waals surface area contributed by atoms with Gasteiger partial charge in [0.25, 0.3) is 0 Å². The molecule has 18 heavy (non-hydrogen) atoms. The number of nitrogens with zero attached hydrogens (tertiary/aromatic N) is 1. The Kier molecular flexibility index (Phi) is 2.62. The predicted octanol–water partition coefficient (Wildman–Crippen LogP) is 1.60. The van der Waals surface area contributed by atoms with E-state index in [1.54, 1.807) is 0 Å². The highest BCUT2D eigenvalue weighted by atomic mass is 35.5. The van der Waals surface area contributed by atoms with Gasteiger partial charge in [-0.2, -0.15) is 13.2 Å². The molecule has 1 heterocycles. The third kappa shape index (κ3) is 1.84. The minimum absolute atomic E-state index is 0.0554. The van der Waals surface area contributed by atoms with Crippen molar-refractivity contribution < 1.29 is 18.4 Å². The molecule has 0 saturated carbocycles. The second kappa shape index (κ2) is 3.77. The Morgan fingerprint density at radius 2 is 1.89 bits per heavy atom. The van der Waals surface area contributed by atoms with E-state index in [1.807, 2.05) is 4.98 Å². The molecule has 0 fully saturated rings. The van der Waals surface area contributed by atoms with Crippen LogP contribution in [0, 0.1) is 0 Å². The van der Waals surface area contributed by atoms with Gasteiger partial charge in [0.2, 0.25) is 0 Å². The predicted molar refractivity (Wildman–Crippen MR) is 56.0 cm³/mol. The molecule has 0 bridgehead atoms. The van der Waals surface area contributed by atoms with E-state index in [1.165, 1.54) is 0 Å². The van der Waals surface area contributed by atoms with Crippen LogP contribution in [0.25, 0.3) is 11.0 Å². The quantitative estimate of drug-likeness (QED) is 0.568. The second-order valence-corrected chi connectivity index (χ2v) is 3.83. The lowest BCUT2D eigenvalue weighted by atomic mass is 10.2. The average Bonchev–Trinajstić information content (AvgIpc) is 2.25. The van der Waals surface area contributed by atoms with Gasteiger partial charge in [0, 0.05) is 0 Å². The first-order chi connectivity index (χ1) is 8.21. The van der Waals surface area contributed by atoms with Gasteiger partial charge in [-0.25, -0.2) is 0 Å². The molecule has 0 aliphatic rings. The van der Waals surface area contributed by atoms with Crippen molar-refractivity contribution in [2.24, 2.45) is 0 Å². The zero-order chi connectivity index (χ0) is 13.7. The Labute approximate surface area is 101 Å². The molecule has 0 radical (unpaired) electrons. The highest BCUT2D eigenvalue weighted by molar-refractivity contribution is 6.32. The lowest BCUT2D eigenvalue weighted by Gasteiger charge is -2.10. The number of H-pyrrole nitrogens is 1. The largest absolute Gasteiger partial charge is 0.425 e. The molecule has 1 aromatic heterocycles. The molecule has 0 atom stereocenters. The van der Waals surface area contributed by atoms with Gasteiger partial charge in [-0.3, -0.25) is 9.59 Å². The van der Waals surface area contributed by atoms with Gasteiger partial charge < -0.3 is 10.2 Å². The van der Waals surface area contributed by atoms with Crippen molar-refractivity contribution in [2.45, 2.75) is 6.18 Å². The molecule has 9 heteroatoms. The van der Waals surface area contributed by atoms with Gasteiger partial charge in [-0.1, -0.05) is 11.6 Å². The summed E-state index contributed by atoms with van der Waals surface area (Å²) < 4.78 is 37.6. The van der Waals surface area contributed by atoms with Gasteiger partial charge in [0.1, 0.15) is 5.52 Å². The van der Waals surface area contributed by atoms with E-state index in [-0.39, 0.29) is 15.8 Å². The molecule has 0 unspecified atom stereocenters. The summed E-state index contributed by atoms with van der Waals surface area (Å²) in [6.07, 6.45) is -4.71. The fourth-order valence-corrected chi connectivity index (χ4v) is 1.70. The van der Waals surface area contributed by atoms with Crippen LogP contribution in [0.5, 0.6) is 0 Å². The monoisotopic (exact) mass is 280 g/mol. The van der Waals surface area contributed by atoms with Crippen LogP contribution in [0.3, 0.4) is 0 Å². The number of nitrogens with one attached hydrogen (secondary N) is 1. The lowest BCUT2D eigenvalue weighted by Crippen LogP contribution is -2.35. The Morgan fingerprint density at radius 3 is 2.44 bits per heavy atom. The molecule has 0 amide bonds. The van der Waals surface area contributed by atoms with Gasteiger partial charge in [0.15, 0.2) is 0 Å². The SMILES string of the molecule is O=c1[nH]c2cc(C(F)(F)F)c(Cl)cc2n(O)c1=O. The molecule has 0 aliphatic carbocycles. The van der Waals surface area contributed by atoms with Crippen LogP contribution in [-0.4, -0.2) is 14.9 Å². The summed E-state index contributed by atoms with van der Waals surface area (Å²) >= 11 is 5.41. The minimum Gasteiger partial charge on any atom is -0.425 e. The summed E-state index contributed by atoms with van der Waals surface area (Å²) in [4.78, 5) is 24.0. The van der Waals surface area contributed by atoms with Crippen LogP contribution < -0.4 is 11.1 Å². The third-order valence-corrected chi connectivity index (χ3v) is 2.57. The van der Waals surface area contributed by atoms with E-state index in [0.29, 0.717) is 6.07 Å². The Morgan fingerprint density at radius 1 is 1.28 bits per heavy atom. The van der Waals surface area contributed by atoms with Crippen LogP contribution in [0.4, 0.5) is 13.2 Å². The van der Waals surface area contributed by atoms with E-state index < -0.39 is 27.9 Å². The first kappa shape index (κ1) is 12.5. The number of halogens is 4. The molecule has 5 nitrogen and oxygen atoms in total. The van der Waals surface area contributed by atoms with Gasteiger partial charge in [-0.05, 0) is 12.1 Å². The Balaban J connectivity index is 2.94. The first-order valence-electron chi connectivity index (χ1n) is 4.47. The van der Waals surface area contributed by atoms with Crippen molar-refractivity contribution in [3.05, 3.63) is 43.4 Å². The molecule has 0 aliphatic heterocycles. The lowest BCUT2D eigenvalue weighted by molar-refractivity contribution is -0.137. The molecule has 2 aromatic rings. The van der Waals surface area contributed by atoms with Crippen LogP contribution in [0.1, 0.15) is 5.56 Å². The number of hydrogen-bond donors (Lipinski definition) is 2. The summed E-state index contributed by atoms with van der Waals surface area (Å²) in [5.74, 6) is 0. The molecule has 96 valence electrons. The van der Waals surface area contributed by atoms with Crippen molar-refractivity contribution in [3.8, 4) is 0 Å². The highest BCUT2D eigenvalue weighted by Gasteiger charge is 2.33. The number of aromatic amines is 1. The van der Waals surface area contributed by atoms with Crippen molar-refractivity contribution in [1.82, 2.24) is 9.71 Å². The summed E-state index contributed by atoms with van der Waals surface area (Å²) in [6, 6.07) is 1.29. The maximum absolute atomic E-state index is 12.5. The van der Waals surface area contributed by atoms with Gasteiger partial charge in [0.05, 0.1) is 16.1 Å². The Bertz CT molecular complexity index is 748. The summed E-state index contributed by atoms with van der Waals surface area (Å²) in [5, 5.41) is 8.61. The van der Waals surface area contributed by atoms with E-state index in [0.717, 1.165) is 6.07 Å². The fourth-order valence-electron chi connectivity index (χ4n) is 1.44. The summed E-state index contributed by atoms with van der Waals surface area (Å²) in [5.41, 5.74) is -4.39. The number of rotatable bonds is 0. The fraction of sp³-hybridized carbons (Fsp3) is 0.111. The maximum Gasteiger partial charge on any atom is 0.417 e. The van der Waals surface area contributed by atoms with Crippen LogP contribution >= 0.6 is 11.6 Å². The third-order valence-electron chi connectivity index (χ3n) is 2.25. The number of hydrogen-bond acceptors (Lipinski definition) is 3. The van der Waals surface area contributed by atoms with Crippen LogP contribution in [-0.2, 0) is 6.18 Å². The normalized spacial score (nSPS) is 12.0. The van der Waals surface area contributed by atoms with Crippen molar-refractivity contribution in [1.29, 1.82) is 0 Å². The standard InChI is InChI=1S/C9H4ClF3N2O3/c10-4-2-6-5(1-3(4)9(11,12)13)14-7(16)8(17)15(6)18/h1-2,18H,(H,14,16). The van der Waals surface area contributed by atoms with Crippen molar-refractivity contribution in [2.75, 3.05) is 0 Å². The highest BCUT2D eigenvalue weighted by Crippen LogP contribution is 2.36. The molecular weight excluding hydrogens is 277 g/mol. The topological polar surface area (TPSA) is 75.1 Å². The average molecular weight is 281 g/mol. The van der Waals surface area contributed by atoms with Crippen molar-refractivity contribution >= 4 is 22.6 Å². The zero-order valence-corrected chi connectivity index (χ0v) is 9.13. The molecule has 1 aromatic carbocycles. The van der Waals surface area contributed by atoms with Gasteiger partial charge >= 0.3 is 17.3 Å². The number of aromatic nitrogens is 2. The zero-order valence-electron chi connectivity index (χ0n) is 8.38. The molecule has 0 spiro atoms. The summed E-state index contributed by atoms with van der Waals surface area (Å²) in [6.45, 7) is 0. The number of benzene rings is 1. The maximum atomic E-state index is 12.5. The van der Waals surface area contributed by atoms with E-state index in [2.05, 4.69) is 0 Å². The molecular formula is C9H4ClF3N2O3. The van der Waals surface area contributed by atoms with Crippen molar-refractivity contribution in [3.63, 3.8) is 0 Å². The molecule has 0 saturated heterocycles. The number of alkyl halides is 3. The summed E-state index contributed by atoms with van der Waals surface area (Å²) in [7, 11) is 0. The Hall–Kier alpha value is -1.96. The second-order valence-electron chi connectivity index (χ2n) is 3.42. The smallest absolute Gasteiger partial charge is 0.417 e. The number of fused-ring (bicyclic) bond motifs is 1. The first-order valence-corrected chi connectivity index (χ1v) is 4.84. The molecule has 2 N–H and O–H groups in total. The van der Waals surface area contributed by atoms with Crippen LogP contribution in [0.15, 0.2) is 21.7 Å². The van der Waals surface area contributed by atoms with Gasteiger partial charge in [-0.15, -0.1) is 4.73 Å². The van der Waals surface area contributed by atoms with E-state index >= 15 is 0 Å². The van der Waals surface area contributed by atoms with E-state index in [9.17, 15) is 28.0 Å².